The highest BCUT2D eigenvalue weighted by Crippen LogP contribution is 2.29. The molecular formula is C15H20I2O3. The van der Waals surface area contributed by atoms with Crippen LogP contribution in [0.15, 0.2) is 12.1 Å². The maximum Gasteiger partial charge on any atom is 0.306 e. The molecule has 1 atom stereocenters. The predicted molar refractivity (Wildman–Crippen MR) is 97.1 cm³/mol. The highest BCUT2D eigenvalue weighted by atomic mass is 127. The third kappa shape index (κ3) is 5.75. The molecule has 0 aromatic heterocycles. The van der Waals surface area contributed by atoms with Crippen molar-refractivity contribution in [2.45, 2.75) is 45.4 Å². The van der Waals surface area contributed by atoms with Crippen molar-refractivity contribution in [2.24, 2.45) is 5.92 Å². The Labute approximate surface area is 147 Å². The molecule has 0 saturated heterocycles. The summed E-state index contributed by atoms with van der Waals surface area (Å²) in [5.74, 6) is -0.771. The minimum Gasteiger partial charge on any atom is -0.506 e. The molecule has 0 spiro atoms. The highest BCUT2D eigenvalue weighted by Gasteiger charge is 2.18. The number of hydrogen-bond acceptors (Lipinski definition) is 2. The van der Waals surface area contributed by atoms with E-state index in [4.69, 9.17) is 0 Å². The third-order valence-electron chi connectivity index (χ3n) is 3.31. The first kappa shape index (κ1) is 18.0. The largest absolute Gasteiger partial charge is 0.506 e. The molecule has 3 nitrogen and oxygen atoms in total. The monoisotopic (exact) mass is 502 g/mol. The summed E-state index contributed by atoms with van der Waals surface area (Å²) >= 11 is 4.15. The smallest absolute Gasteiger partial charge is 0.306 e. The SMILES string of the molecule is CCCCCCC(Cc1cc(I)c(O)c(I)c1)C(=O)O. The molecule has 5 heteroatoms. The van der Waals surface area contributed by atoms with Crippen molar-refractivity contribution in [3.05, 3.63) is 24.8 Å². The summed E-state index contributed by atoms with van der Waals surface area (Å²) in [7, 11) is 0. The van der Waals surface area contributed by atoms with Gasteiger partial charge in [0, 0.05) is 0 Å². The fraction of sp³-hybridized carbons (Fsp3) is 0.533. The zero-order chi connectivity index (χ0) is 15.1. The van der Waals surface area contributed by atoms with Gasteiger partial charge in [0.1, 0.15) is 5.75 Å². The van der Waals surface area contributed by atoms with Gasteiger partial charge < -0.3 is 10.2 Å². The zero-order valence-corrected chi connectivity index (χ0v) is 15.8. The summed E-state index contributed by atoms with van der Waals surface area (Å²) in [6.45, 7) is 2.15. The molecule has 1 aromatic carbocycles. The van der Waals surface area contributed by atoms with Crippen molar-refractivity contribution in [3.8, 4) is 5.75 Å². The minimum atomic E-state index is -0.723. The van der Waals surface area contributed by atoms with Gasteiger partial charge in [-0.2, -0.15) is 0 Å². The van der Waals surface area contributed by atoms with Gasteiger partial charge in [0.25, 0.3) is 0 Å². The second-order valence-electron chi connectivity index (χ2n) is 5.00. The van der Waals surface area contributed by atoms with Gasteiger partial charge in [0.15, 0.2) is 0 Å². The molecule has 0 bridgehead atoms. The summed E-state index contributed by atoms with van der Waals surface area (Å²) in [6, 6.07) is 3.75. The normalized spacial score (nSPS) is 12.3. The van der Waals surface area contributed by atoms with Crippen LogP contribution in [0.25, 0.3) is 0 Å². The van der Waals surface area contributed by atoms with Gasteiger partial charge in [-0.05, 0) is 75.7 Å². The van der Waals surface area contributed by atoms with E-state index in [1.807, 2.05) is 12.1 Å². The van der Waals surface area contributed by atoms with Crippen molar-refractivity contribution >= 4 is 51.2 Å². The number of unbranched alkanes of at least 4 members (excludes halogenated alkanes) is 3. The number of halogens is 2. The van der Waals surface area contributed by atoms with Crippen LogP contribution in [0.5, 0.6) is 5.75 Å². The van der Waals surface area contributed by atoms with E-state index in [0.29, 0.717) is 6.42 Å². The van der Waals surface area contributed by atoms with E-state index >= 15 is 0 Å². The fourth-order valence-electron chi connectivity index (χ4n) is 2.15. The quantitative estimate of drug-likeness (QED) is 0.397. The van der Waals surface area contributed by atoms with E-state index in [1.54, 1.807) is 0 Å². The number of carbonyl (C=O) groups is 1. The van der Waals surface area contributed by atoms with Crippen LogP contribution < -0.4 is 0 Å². The van der Waals surface area contributed by atoms with E-state index in [-0.39, 0.29) is 11.7 Å². The Hall–Kier alpha value is -0.0500. The summed E-state index contributed by atoms with van der Waals surface area (Å²) < 4.78 is 1.55. The first-order valence-corrected chi connectivity index (χ1v) is 9.01. The Kier molecular flexibility index (Phi) is 8.16. The van der Waals surface area contributed by atoms with Gasteiger partial charge in [-0.3, -0.25) is 4.79 Å². The number of aliphatic carboxylic acids is 1. The van der Waals surface area contributed by atoms with Crippen molar-refractivity contribution in [3.63, 3.8) is 0 Å². The van der Waals surface area contributed by atoms with Crippen LogP contribution in [-0.4, -0.2) is 16.2 Å². The van der Waals surface area contributed by atoms with Crippen LogP contribution in [0, 0.1) is 13.1 Å². The molecule has 20 heavy (non-hydrogen) atoms. The number of phenolic OH excluding ortho intramolecular Hbond substituents is 1. The maximum absolute atomic E-state index is 11.4. The molecule has 0 aliphatic carbocycles. The van der Waals surface area contributed by atoms with Gasteiger partial charge in [-0.25, -0.2) is 0 Å². The van der Waals surface area contributed by atoms with Crippen LogP contribution in [0.3, 0.4) is 0 Å². The van der Waals surface area contributed by atoms with E-state index in [9.17, 15) is 15.0 Å². The van der Waals surface area contributed by atoms with Crippen LogP contribution in [0.4, 0.5) is 0 Å². The standard InChI is InChI=1S/C15H20I2O3/c1-2-3-4-5-6-11(15(19)20)7-10-8-12(16)14(18)13(17)9-10/h8-9,11,18H,2-7H2,1H3,(H,19,20). The molecule has 0 fully saturated rings. The Morgan fingerprint density at radius 1 is 1.20 bits per heavy atom. The number of aromatic hydroxyl groups is 1. The molecule has 112 valence electrons. The minimum absolute atomic E-state index is 0.282. The van der Waals surface area contributed by atoms with Crippen LogP contribution in [-0.2, 0) is 11.2 Å². The number of hydrogen-bond donors (Lipinski definition) is 2. The van der Waals surface area contributed by atoms with Crippen LogP contribution in [0.1, 0.15) is 44.6 Å². The number of carboxylic acids is 1. The lowest BCUT2D eigenvalue weighted by Gasteiger charge is -2.13. The highest BCUT2D eigenvalue weighted by molar-refractivity contribution is 14.1. The van der Waals surface area contributed by atoms with E-state index in [0.717, 1.165) is 38.4 Å². The van der Waals surface area contributed by atoms with Crippen molar-refractivity contribution in [2.75, 3.05) is 0 Å². The van der Waals surface area contributed by atoms with Gasteiger partial charge in [0.2, 0.25) is 0 Å². The maximum atomic E-state index is 11.4. The Morgan fingerprint density at radius 3 is 2.30 bits per heavy atom. The summed E-state index contributed by atoms with van der Waals surface area (Å²) in [6.07, 6.45) is 5.66. The van der Waals surface area contributed by atoms with Gasteiger partial charge in [0.05, 0.1) is 13.1 Å². The number of benzene rings is 1. The Morgan fingerprint density at radius 2 is 1.80 bits per heavy atom. The molecule has 2 N–H and O–H groups in total. The molecule has 0 radical (unpaired) electrons. The number of rotatable bonds is 8. The molecule has 0 heterocycles. The summed E-state index contributed by atoms with van der Waals surface area (Å²) in [5, 5.41) is 19.1. The van der Waals surface area contributed by atoms with Crippen LogP contribution >= 0.6 is 45.2 Å². The molecule has 1 rings (SSSR count). The van der Waals surface area contributed by atoms with Gasteiger partial charge >= 0.3 is 5.97 Å². The van der Waals surface area contributed by atoms with Gasteiger partial charge in [-0.15, -0.1) is 0 Å². The van der Waals surface area contributed by atoms with Crippen molar-refractivity contribution in [1.82, 2.24) is 0 Å². The molecular weight excluding hydrogens is 482 g/mol. The lowest BCUT2D eigenvalue weighted by molar-refractivity contribution is -0.142. The van der Waals surface area contributed by atoms with Gasteiger partial charge in [-0.1, -0.05) is 32.6 Å². The zero-order valence-electron chi connectivity index (χ0n) is 11.5. The Bertz CT molecular complexity index is 437. The van der Waals surface area contributed by atoms with Crippen molar-refractivity contribution in [1.29, 1.82) is 0 Å². The second-order valence-corrected chi connectivity index (χ2v) is 7.32. The van der Waals surface area contributed by atoms with E-state index in [1.165, 1.54) is 6.42 Å². The third-order valence-corrected chi connectivity index (χ3v) is 4.96. The fourth-order valence-corrected chi connectivity index (χ4v) is 4.05. The first-order valence-electron chi connectivity index (χ1n) is 6.85. The molecule has 0 aliphatic heterocycles. The molecule has 0 amide bonds. The molecule has 0 aliphatic rings. The lowest BCUT2D eigenvalue weighted by atomic mass is 9.93. The van der Waals surface area contributed by atoms with Crippen LogP contribution in [0.2, 0.25) is 0 Å². The van der Waals surface area contributed by atoms with E-state index in [2.05, 4.69) is 52.1 Å². The van der Waals surface area contributed by atoms with Crippen molar-refractivity contribution < 1.29 is 15.0 Å². The molecule has 0 saturated carbocycles. The molecule has 1 aromatic rings. The predicted octanol–water partition coefficient (Wildman–Crippen LogP) is 4.82. The van der Waals surface area contributed by atoms with E-state index < -0.39 is 5.97 Å². The average molecular weight is 502 g/mol. The molecule has 1 unspecified atom stereocenters. The number of carboxylic acid groups (broad SMARTS) is 1. The number of phenols is 1. The summed E-state index contributed by atoms with van der Waals surface area (Å²) in [4.78, 5) is 11.4. The lowest BCUT2D eigenvalue weighted by Crippen LogP contribution is -2.16. The Balaban J connectivity index is 2.68. The summed E-state index contributed by atoms with van der Waals surface area (Å²) in [5.41, 5.74) is 0.986. The average Bonchev–Trinajstić information content (AvgIpc) is 2.39. The first-order chi connectivity index (χ1) is 9.45. The topological polar surface area (TPSA) is 57.5 Å². The second kappa shape index (κ2) is 9.07.